The maximum absolute atomic E-state index is 13.0. The van der Waals surface area contributed by atoms with Crippen LogP contribution < -0.4 is 0 Å². The minimum Gasteiger partial charge on any atom is -0.480 e. The van der Waals surface area contributed by atoms with E-state index in [4.69, 9.17) is 4.74 Å². The fraction of sp³-hybridized carbons (Fsp3) is 0.400. The first-order valence-electron chi connectivity index (χ1n) is 6.72. The highest BCUT2D eigenvalue weighted by molar-refractivity contribution is 5.83. The Morgan fingerprint density at radius 1 is 1.55 bits per heavy atom. The summed E-state index contributed by atoms with van der Waals surface area (Å²) in [5.41, 5.74) is 0.491. The van der Waals surface area contributed by atoms with E-state index in [2.05, 4.69) is 11.6 Å². The van der Waals surface area contributed by atoms with Crippen LogP contribution in [0.5, 0.6) is 0 Å². The number of carboxylic acid groups (broad SMARTS) is 1. The molecule has 120 valence electrons. The van der Waals surface area contributed by atoms with Crippen LogP contribution in [-0.2, 0) is 20.9 Å². The number of carbonyl (C=O) groups is 2. The van der Waals surface area contributed by atoms with Gasteiger partial charge in [-0.25, -0.2) is 9.18 Å². The molecule has 0 aliphatic heterocycles. The number of aromatic nitrogens is 1. The van der Waals surface area contributed by atoms with Crippen LogP contribution in [-0.4, -0.2) is 46.6 Å². The predicted octanol–water partition coefficient (Wildman–Crippen LogP) is 1.62. The summed E-state index contributed by atoms with van der Waals surface area (Å²) in [7, 11) is 1.41. The number of likely N-dealkylation sites (N-methyl/N-ethyl adjacent to an activating group) is 1. The Morgan fingerprint density at radius 2 is 2.27 bits per heavy atom. The van der Waals surface area contributed by atoms with Crippen LogP contribution in [0.15, 0.2) is 31.1 Å². The summed E-state index contributed by atoms with van der Waals surface area (Å²) in [4.78, 5) is 27.9. The molecule has 0 spiro atoms. The lowest BCUT2D eigenvalue weighted by Gasteiger charge is -2.24. The smallest absolute Gasteiger partial charge is 0.328 e. The quantitative estimate of drug-likeness (QED) is 0.701. The second kappa shape index (κ2) is 8.89. The summed E-state index contributed by atoms with van der Waals surface area (Å²) >= 11 is 0. The minimum absolute atomic E-state index is 0.0171. The van der Waals surface area contributed by atoms with Gasteiger partial charge in [0.1, 0.15) is 5.82 Å². The molecule has 1 heterocycles. The molecule has 1 unspecified atom stereocenters. The van der Waals surface area contributed by atoms with Crippen LogP contribution >= 0.6 is 0 Å². The Bertz CT molecular complexity index is 536. The van der Waals surface area contributed by atoms with Crippen molar-refractivity contribution in [2.75, 3.05) is 13.7 Å². The highest BCUT2D eigenvalue weighted by Gasteiger charge is 2.26. The van der Waals surface area contributed by atoms with Crippen molar-refractivity contribution in [2.24, 2.45) is 0 Å². The molecule has 0 saturated carbocycles. The van der Waals surface area contributed by atoms with Gasteiger partial charge in [-0.2, -0.15) is 0 Å². The number of amides is 1. The van der Waals surface area contributed by atoms with E-state index in [0.29, 0.717) is 12.0 Å². The number of halogens is 1. The number of carboxylic acids is 1. The number of hydrogen-bond acceptors (Lipinski definition) is 4. The number of carbonyl (C=O) groups excluding carboxylic acids is 1. The SMILES string of the molecule is C=CCCC(=O)N(C)C(COCc1cncc(F)c1)C(=O)O. The van der Waals surface area contributed by atoms with Crippen molar-refractivity contribution in [3.8, 4) is 0 Å². The van der Waals surface area contributed by atoms with Gasteiger partial charge in [-0.15, -0.1) is 6.58 Å². The van der Waals surface area contributed by atoms with E-state index in [9.17, 15) is 19.1 Å². The van der Waals surface area contributed by atoms with Crippen molar-refractivity contribution >= 4 is 11.9 Å². The van der Waals surface area contributed by atoms with E-state index in [0.717, 1.165) is 11.1 Å². The number of hydrogen-bond donors (Lipinski definition) is 1. The summed E-state index contributed by atoms with van der Waals surface area (Å²) in [6.45, 7) is 3.34. The van der Waals surface area contributed by atoms with Crippen molar-refractivity contribution in [1.82, 2.24) is 9.88 Å². The zero-order valence-electron chi connectivity index (χ0n) is 12.4. The first-order chi connectivity index (χ1) is 10.5. The van der Waals surface area contributed by atoms with Gasteiger partial charge in [0, 0.05) is 19.7 Å². The predicted molar refractivity (Wildman–Crippen MR) is 77.5 cm³/mol. The van der Waals surface area contributed by atoms with E-state index in [1.165, 1.54) is 19.3 Å². The topological polar surface area (TPSA) is 79.7 Å². The molecule has 7 heteroatoms. The van der Waals surface area contributed by atoms with Gasteiger partial charge in [-0.05, 0) is 18.1 Å². The fourth-order valence-electron chi connectivity index (χ4n) is 1.75. The lowest BCUT2D eigenvalue weighted by molar-refractivity contribution is -0.151. The second-order valence-electron chi connectivity index (χ2n) is 4.71. The summed E-state index contributed by atoms with van der Waals surface area (Å²) in [5.74, 6) is -1.96. The van der Waals surface area contributed by atoms with Gasteiger partial charge in [-0.1, -0.05) is 6.08 Å². The van der Waals surface area contributed by atoms with E-state index in [1.807, 2.05) is 0 Å². The molecule has 1 rings (SSSR count). The largest absolute Gasteiger partial charge is 0.480 e. The van der Waals surface area contributed by atoms with Gasteiger partial charge in [0.15, 0.2) is 6.04 Å². The standard InChI is InChI=1S/C15H19FN2O4/c1-3-4-5-14(19)18(2)13(15(20)21)10-22-9-11-6-12(16)8-17-7-11/h3,6-8,13H,1,4-5,9-10H2,2H3,(H,20,21). The molecule has 1 amide bonds. The monoisotopic (exact) mass is 310 g/mol. The molecular weight excluding hydrogens is 291 g/mol. The van der Waals surface area contributed by atoms with Gasteiger partial charge in [-0.3, -0.25) is 9.78 Å². The molecule has 0 radical (unpaired) electrons. The van der Waals surface area contributed by atoms with Gasteiger partial charge >= 0.3 is 5.97 Å². The number of aliphatic carboxylic acids is 1. The Balaban J connectivity index is 2.55. The first kappa shape index (κ1) is 17.8. The van der Waals surface area contributed by atoms with Crippen molar-refractivity contribution in [3.05, 3.63) is 42.5 Å². The molecule has 0 bridgehead atoms. The van der Waals surface area contributed by atoms with Crippen molar-refractivity contribution in [2.45, 2.75) is 25.5 Å². The number of nitrogens with zero attached hydrogens (tertiary/aromatic N) is 2. The summed E-state index contributed by atoms with van der Waals surface area (Å²) in [6.07, 6.45) is 4.76. The molecule has 1 aromatic heterocycles. The lowest BCUT2D eigenvalue weighted by Crippen LogP contribution is -2.45. The van der Waals surface area contributed by atoms with E-state index in [-0.39, 0.29) is 25.5 Å². The van der Waals surface area contributed by atoms with Crippen LogP contribution in [0.4, 0.5) is 4.39 Å². The van der Waals surface area contributed by atoms with Crippen LogP contribution in [0.1, 0.15) is 18.4 Å². The van der Waals surface area contributed by atoms with E-state index in [1.54, 1.807) is 6.08 Å². The van der Waals surface area contributed by atoms with Crippen molar-refractivity contribution in [3.63, 3.8) is 0 Å². The molecule has 6 nitrogen and oxygen atoms in total. The van der Waals surface area contributed by atoms with Crippen LogP contribution in [0.2, 0.25) is 0 Å². The average Bonchev–Trinajstić information content (AvgIpc) is 2.48. The van der Waals surface area contributed by atoms with Gasteiger partial charge in [0.05, 0.1) is 19.4 Å². The normalized spacial score (nSPS) is 11.7. The lowest BCUT2D eigenvalue weighted by atomic mass is 10.2. The van der Waals surface area contributed by atoms with E-state index < -0.39 is 17.8 Å². The molecule has 22 heavy (non-hydrogen) atoms. The molecular formula is C15H19FN2O4. The zero-order chi connectivity index (χ0) is 16.5. The number of allylic oxidation sites excluding steroid dienone is 1. The van der Waals surface area contributed by atoms with Gasteiger partial charge in [0.25, 0.3) is 0 Å². The Morgan fingerprint density at radius 3 is 2.86 bits per heavy atom. The Kier molecular flexibility index (Phi) is 7.18. The first-order valence-corrected chi connectivity index (χ1v) is 6.72. The molecule has 0 aliphatic rings. The molecule has 0 saturated heterocycles. The van der Waals surface area contributed by atoms with Gasteiger partial charge in [0.2, 0.25) is 5.91 Å². The van der Waals surface area contributed by atoms with Crippen LogP contribution in [0.25, 0.3) is 0 Å². The third kappa shape index (κ3) is 5.61. The highest BCUT2D eigenvalue weighted by atomic mass is 19.1. The van der Waals surface area contributed by atoms with Crippen LogP contribution in [0, 0.1) is 5.82 Å². The maximum Gasteiger partial charge on any atom is 0.328 e. The summed E-state index contributed by atoms with van der Waals surface area (Å²) in [6, 6.07) is 0.153. The average molecular weight is 310 g/mol. The van der Waals surface area contributed by atoms with Crippen molar-refractivity contribution in [1.29, 1.82) is 0 Å². The number of pyridine rings is 1. The Labute approximate surface area is 128 Å². The minimum atomic E-state index is -1.16. The van der Waals surface area contributed by atoms with Crippen molar-refractivity contribution < 1.29 is 23.8 Å². The third-order valence-corrected chi connectivity index (χ3v) is 3.01. The fourth-order valence-corrected chi connectivity index (χ4v) is 1.75. The van der Waals surface area contributed by atoms with E-state index >= 15 is 0 Å². The Hall–Kier alpha value is -2.28. The second-order valence-corrected chi connectivity index (χ2v) is 4.71. The van der Waals surface area contributed by atoms with Gasteiger partial charge < -0.3 is 14.7 Å². The summed E-state index contributed by atoms with van der Waals surface area (Å²) < 4.78 is 18.2. The highest BCUT2D eigenvalue weighted by Crippen LogP contribution is 2.07. The maximum atomic E-state index is 13.0. The molecule has 0 fully saturated rings. The van der Waals surface area contributed by atoms with Crippen LogP contribution in [0.3, 0.4) is 0 Å². The zero-order valence-corrected chi connectivity index (χ0v) is 12.4. The molecule has 0 aromatic carbocycles. The third-order valence-electron chi connectivity index (χ3n) is 3.01. The number of rotatable bonds is 9. The molecule has 0 aliphatic carbocycles. The molecule has 1 N–H and O–H groups in total. The summed E-state index contributed by atoms with van der Waals surface area (Å²) in [5, 5.41) is 9.19. The molecule has 1 atom stereocenters. The number of ether oxygens (including phenoxy) is 1. The molecule has 1 aromatic rings.